The lowest BCUT2D eigenvalue weighted by molar-refractivity contribution is -0.120. The van der Waals surface area contributed by atoms with E-state index in [1.807, 2.05) is 18.2 Å². The van der Waals surface area contributed by atoms with Gasteiger partial charge in [0.05, 0.1) is 12.6 Å². The van der Waals surface area contributed by atoms with Gasteiger partial charge in [-0.1, -0.05) is 35.9 Å². The minimum absolute atomic E-state index is 0.0108. The van der Waals surface area contributed by atoms with Crippen molar-refractivity contribution >= 4 is 23.2 Å². The number of carbonyl (C=O) groups is 1. The van der Waals surface area contributed by atoms with Crippen molar-refractivity contribution in [1.82, 2.24) is 5.32 Å². The number of amides is 1. The van der Waals surface area contributed by atoms with E-state index >= 15 is 0 Å². The van der Waals surface area contributed by atoms with Gasteiger partial charge in [0.25, 0.3) is 0 Å². The van der Waals surface area contributed by atoms with Gasteiger partial charge in [0.2, 0.25) is 5.91 Å². The summed E-state index contributed by atoms with van der Waals surface area (Å²) in [6.45, 7) is 0.264. The van der Waals surface area contributed by atoms with Gasteiger partial charge in [-0.05, 0) is 54.7 Å². The van der Waals surface area contributed by atoms with Crippen LogP contribution in [0.15, 0.2) is 48.5 Å². The third-order valence-electron chi connectivity index (χ3n) is 4.00. The van der Waals surface area contributed by atoms with Gasteiger partial charge in [-0.25, -0.2) is 0 Å². The van der Waals surface area contributed by atoms with Gasteiger partial charge in [0.1, 0.15) is 0 Å². The van der Waals surface area contributed by atoms with E-state index in [1.165, 1.54) is 11.1 Å². The molecule has 3 nitrogen and oxygen atoms in total. The molecule has 2 aromatic carbocycles. The smallest absolute Gasteiger partial charge is 0.239 e. The highest BCUT2D eigenvalue weighted by Crippen LogP contribution is 2.29. The highest BCUT2D eigenvalue weighted by molar-refractivity contribution is 6.30. The molecule has 22 heavy (non-hydrogen) atoms. The van der Waals surface area contributed by atoms with E-state index < -0.39 is 0 Å². The number of rotatable bonds is 4. The quantitative estimate of drug-likeness (QED) is 0.897. The molecule has 1 unspecified atom stereocenters. The van der Waals surface area contributed by atoms with Crippen molar-refractivity contribution in [3.05, 3.63) is 64.7 Å². The number of hydrogen-bond acceptors (Lipinski definition) is 2. The first-order chi connectivity index (χ1) is 10.7. The zero-order chi connectivity index (χ0) is 15.4. The average molecular weight is 315 g/mol. The summed E-state index contributed by atoms with van der Waals surface area (Å²) in [4.78, 5) is 12.2. The van der Waals surface area contributed by atoms with Crippen molar-refractivity contribution in [2.24, 2.45) is 0 Å². The lowest BCUT2D eigenvalue weighted by Crippen LogP contribution is -2.34. The summed E-state index contributed by atoms with van der Waals surface area (Å²) < 4.78 is 0. The molecule has 3 rings (SSSR count). The summed E-state index contributed by atoms with van der Waals surface area (Å²) in [6, 6.07) is 15.8. The molecular weight excluding hydrogens is 296 g/mol. The van der Waals surface area contributed by atoms with Crippen LogP contribution in [-0.4, -0.2) is 12.5 Å². The van der Waals surface area contributed by atoms with Crippen LogP contribution >= 0.6 is 11.6 Å². The first-order valence-corrected chi connectivity index (χ1v) is 7.97. The van der Waals surface area contributed by atoms with Crippen LogP contribution < -0.4 is 10.6 Å². The van der Waals surface area contributed by atoms with E-state index in [9.17, 15) is 4.79 Å². The van der Waals surface area contributed by atoms with E-state index in [0.29, 0.717) is 5.02 Å². The highest BCUT2D eigenvalue weighted by Gasteiger charge is 2.20. The zero-order valence-electron chi connectivity index (χ0n) is 12.3. The predicted molar refractivity (Wildman–Crippen MR) is 90.2 cm³/mol. The highest BCUT2D eigenvalue weighted by atomic mass is 35.5. The Morgan fingerprint density at radius 2 is 1.91 bits per heavy atom. The molecule has 0 saturated carbocycles. The maximum absolute atomic E-state index is 12.2. The Kier molecular flexibility index (Phi) is 4.64. The van der Waals surface area contributed by atoms with Crippen LogP contribution in [-0.2, 0) is 11.2 Å². The fraction of sp³-hybridized carbons (Fsp3) is 0.278. The molecule has 0 radical (unpaired) electrons. The maximum atomic E-state index is 12.2. The number of nitrogens with one attached hydrogen (secondary N) is 2. The zero-order valence-corrected chi connectivity index (χ0v) is 13.1. The number of anilines is 1. The summed E-state index contributed by atoms with van der Waals surface area (Å²) in [7, 11) is 0. The van der Waals surface area contributed by atoms with Gasteiger partial charge < -0.3 is 10.6 Å². The van der Waals surface area contributed by atoms with Crippen molar-refractivity contribution < 1.29 is 4.79 Å². The fourth-order valence-corrected chi connectivity index (χ4v) is 3.03. The van der Waals surface area contributed by atoms with Gasteiger partial charge >= 0.3 is 0 Å². The predicted octanol–water partition coefficient (Wildman–Crippen LogP) is 3.95. The Labute approximate surface area is 135 Å². The van der Waals surface area contributed by atoms with Gasteiger partial charge in [-0.2, -0.15) is 0 Å². The standard InChI is InChI=1S/C18H19ClN2O/c19-14-8-10-15(11-9-14)20-12-18(22)21-17-7-3-5-13-4-1-2-6-16(13)17/h1-2,4,6,8-11,17,20H,3,5,7,12H2,(H,21,22). The molecule has 0 saturated heterocycles. The van der Waals surface area contributed by atoms with E-state index in [0.717, 1.165) is 24.9 Å². The summed E-state index contributed by atoms with van der Waals surface area (Å²) in [6.07, 6.45) is 3.22. The summed E-state index contributed by atoms with van der Waals surface area (Å²) in [5.41, 5.74) is 3.50. The molecule has 0 heterocycles. The average Bonchev–Trinajstić information content (AvgIpc) is 2.55. The molecule has 114 valence electrons. The molecule has 0 fully saturated rings. The van der Waals surface area contributed by atoms with Crippen molar-refractivity contribution in [3.63, 3.8) is 0 Å². The second-order valence-corrected chi connectivity index (χ2v) is 6.01. The summed E-state index contributed by atoms with van der Waals surface area (Å²) in [5.74, 6) is 0.0108. The Balaban J connectivity index is 1.57. The van der Waals surface area contributed by atoms with Crippen molar-refractivity contribution in [2.45, 2.75) is 25.3 Å². The number of aryl methyl sites for hydroxylation is 1. The van der Waals surface area contributed by atoms with Crippen molar-refractivity contribution in [1.29, 1.82) is 0 Å². The minimum Gasteiger partial charge on any atom is -0.376 e. The number of halogens is 1. The fourth-order valence-electron chi connectivity index (χ4n) is 2.90. The molecule has 0 bridgehead atoms. The molecule has 0 aromatic heterocycles. The second-order valence-electron chi connectivity index (χ2n) is 5.57. The number of benzene rings is 2. The largest absolute Gasteiger partial charge is 0.376 e. The second kappa shape index (κ2) is 6.84. The molecule has 1 aliphatic rings. The molecule has 1 aliphatic carbocycles. The molecule has 1 amide bonds. The number of carbonyl (C=O) groups excluding carboxylic acids is 1. The lowest BCUT2D eigenvalue weighted by Gasteiger charge is -2.26. The van der Waals surface area contributed by atoms with Crippen molar-refractivity contribution in [2.75, 3.05) is 11.9 Å². The van der Waals surface area contributed by atoms with E-state index in [2.05, 4.69) is 28.8 Å². The molecule has 2 N–H and O–H groups in total. The van der Waals surface area contributed by atoms with Gasteiger partial charge in [0, 0.05) is 10.7 Å². The molecule has 1 atom stereocenters. The molecule has 2 aromatic rings. The van der Waals surface area contributed by atoms with E-state index in [-0.39, 0.29) is 18.5 Å². The van der Waals surface area contributed by atoms with E-state index in [4.69, 9.17) is 11.6 Å². The number of fused-ring (bicyclic) bond motifs is 1. The SMILES string of the molecule is O=C(CNc1ccc(Cl)cc1)NC1CCCc2ccccc21. The molecule has 0 aliphatic heterocycles. The molecular formula is C18H19ClN2O. The molecule has 4 heteroatoms. The monoisotopic (exact) mass is 314 g/mol. The lowest BCUT2D eigenvalue weighted by atomic mass is 9.88. The molecule has 0 spiro atoms. The van der Waals surface area contributed by atoms with Gasteiger partial charge in [-0.15, -0.1) is 0 Å². The minimum atomic E-state index is 0.0108. The first kappa shape index (κ1) is 14.9. The Morgan fingerprint density at radius 1 is 1.14 bits per heavy atom. The van der Waals surface area contributed by atoms with Crippen LogP contribution in [0.1, 0.15) is 30.0 Å². The van der Waals surface area contributed by atoms with Crippen LogP contribution in [0.3, 0.4) is 0 Å². The normalized spacial score (nSPS) is 16.7. The first-order valence-electron chi connectivity index (χ1n) is 7.59. The van der Waals surface area contributed by atoms with Crippen LogP contribution in [0.5, 0.6) is 0 Å². The van der Waals surface area contributed by atoms with Gasteiger partial charge in [-0.3, -0.25) is 4.79 Å². The van der Waals surface area contributed by atoms with Crippen LogP contribution in [0.4, 0.5) is 5.69 Å². The maximum Gasteiger partial charge on any atom is 0.239 e. The van der Waals surface area contributed by atoms with Crippen LogP contribution in [0.2, 0.25) is 5.02 Å². The number of hydrogen-bond donors (Lipinski definition) is 2. The Hall–Kier alpha value is -2.00. The summed E-state index contributed by atoms with van der Waals surface area (Å²) >= 11 is 5.84. The Bertz CT molecular complexity index is 654. The van der Waals surface area contributed by atoms with Crippen LogP contribution in [0, 0.1) is 0 Å². The Morgan fingerprint density at radius 3 is 2.73 bits per heavy atom. The van der Waals surface area contributed by atoms with Crippen LogP contribution in [0.25, 0.3) is 0 Å². The topological polar surface area (TPSA) is 41.1 Å². The third kappa shape index (κ3) is 3.60. The third-order valence-corrected chi connectivity index (χ3v) is 4.25. The summed E-state index contributed by atoms with van der Waals surface area (Å²) in [5, 5.41) is 6.93. The van der Waals surface area contributed by atoms with Crippen molar-refractivity contribution in [3.8, 4) is 0 Å². The van der Waals surface area contributed by atoms with E-state index in [1.54, 1.807) is 12.1 Å². The van der Waals surface area contributed by atoms with Gasteiger partial charge in [0.15, 0.2) is 0 Å².